The molecule has 11 heteroatoms. The van der Waals surface area contributed by atoms with Gasteiger partial charge in [0.2, 0.25) is 11.8 Å². The standard InChI is InChI=1S/C29H28FN5O4S/c1-2-24(27(37)32-17-20-6-5-15-39-20)40-29-34-22-8-4-3-7-21(22)26-33-23(28(38)35(26)29)13-14-25(36)31-16-18-9-11-19(30)12-10-18/h3-12,15,23-24H,2,13-14,16-17H2,1H3,(H,31,36)(H,32,37). The van der Waals surface area contributed by atoms with Crippen LogP contribution in [0.4, 0.5) is 10.1 Å². The van der Waals surface area contributed by atoms with Crippen LogP contribution in [0.1, 0.15) is 43.1 Å². The predicted octanol–water partition coefficient (Wildman–Crippen LogP) is 4.30. The minimum absolute atomic E-state index is 0.0935. The van der Waals surface area contributed by atoms with Crippen molar-refractivity contribution in [2.75, 3.05) is 0 Å². The minimum atomic E-state index is -0.753. The summed E-state index contributed by atoms with van der Waals surface area (Å²) in [5, 5.41) is 5.56. The van der Waals surface area contributed by atoms with E-state index in [0.29, 0.717) is 28.9 Å². The zero-order chi connectivity index (χ0) is 28.1. The Labute approximate surface area is 234 Å². The van der Waals surface area contributed by atoms with Crippen LogP contribution in [0.2, 0.25) is 0 Å². The third kappa shape index (κ3) is 6.15. The molecule has 3 amide bonds. The molecule has 206 valence electrons. The molecule has 2 aliphatic heterocycles. The van der Waals surface area contributed by atoms with Crippen LogP contribution in [0, 0.1) is 5.82 Å². The monoisotopic (exact) mass is 561 g/mol. The highest BCUT2D eigenvalue weighted by Crippen LogP contribution is 2.35. The summed E-state index contributed by atoms with van der Waals surface area (Å²) in [4.78, 5) is 49.9. The van der Waals surface area contributed by atoms with Crippen molar-refractivity contribution in [2.45, 2.75) is 50.6 Å². The predicted molar refractivity (Wildman–Crippen MR) is 150 cm³/mol. The van der Waals surface area contributed by atoms with Gasteiger partial charge in [-0.25, -0.2) is 14.3 Å². The number of furan rings is 1. The first-order valence-corrected chi connectivity index (χ1v) is 13.9. The van der Waals surface area contributed by atoms with Gasteiger partial charge in [0.25, 0.3) is 5.91 Å². The summed E-state index contributed by atoms with van der Waals surface area (Å²) in [6.45, 7) is 2.42. The lowest BCUT2D eigenvalue weighted by atomic mass is 10.1. The molecular formula is C29H28FN5O4S. The molecule has 2 aliphatic rings. The minimum Gasteiger partial charge on any atom is -0.467 e. The van der Waals surface area contributed by atoms with Crippen LogP contribution < -0.4 is 10.6 Å². The van der Waals surface area contributed by atoms with E-state index in [4.69, 9.17) is 14.4 Å². The van der Waals surface area contributed by atoms with Crippen molar-refractivity contribution >= 4 is 46.2 Å². The van der Waals surface area contributed by atoms with Crippen molar-refractivity contribution in [3.8, 4) is 0 Å². The summed E-state index contributed by atoms with van der Waals surface area (Å²) in [7, 11) is 0. The van der Waals surface area contributed by atoms with E-state index < -0.39 is 11.3 Å². The Kier molecular flexibility index (Phi) is 8.40. The number of carbonyl (C=O) groups is 3. The van der Waals surface area contributed by atoms with Crippen LogP contribution in [0.25, 0.3) is 0 Å². The number of nitrogens with one attached hydrogen (secondary N) is 2. The largest absolute Gasteiger partial charge is 0.467 e. The third-order valence-corrected chi connectivity index (χ3v) is 7.84. The lowest BCUT2D eigenvalue weighted by Crippen LogP contribution is -2.43. The second kappa shape index (κ2) is 12.3. The van der Waals surface area contributed by atoms with Gasteiger partial charge in [-0.3, -0.25) is 19.4 Å². The van der Waals surface area contributed by atoms with Crippen molar-refractivity contribution in [2.24, 2.45) is 9.98 Å². The number of hydrogen-bond acceptors (Lipinski definition) is 7. The summed E-state index contributed by atoms with van der Waals surface area (Å²) in [5.41, 5.74) is 2.16. The van der Waals surface area contributed by atoms with Gasteiger partial charge in [0.05, 0.1) is 23.7 Å². The molecule has 40 heavy (non-hydrogen) atoms. The molecule has 3 heterocycles. The number of carbonyl (C=O) groups excluding carboxylic acids is 3. The number of halogens is 1. The van der Waals surface area contributed by atoms with E-state index in [1.807, 2.05) is 31.2 Å². The zero-order valence-electron chi connectivity index (χ0n) is 21.8. The molecule has 0 radical (unpaired) electrons. The Bertz CT molecular complexity index is 1460. The molecular weight excluding hydrogens is 533 g/mol. The van der Waals surface area contributed by atoms with E-state index in [2.05, 4.69) is 10.6 Å². The maximum absolute atomic E-state index is 13.5. The average molecular weight is 562 g/mol. The number of para-hydroxylation sites is 1. The van der Waals surface area contributed by atoms with Crippen molar-refractivity contribution in [1.82, 2.24) is 15.5 Å². The molecule has 1 aromatic heterocycles. The smallest absolute Gasteiger partial charge is 0.259 e. The molecule has 2 unspecified atom stereocenters. The maximum Gasteiger partial charge on any atom is 0.259 e. The van der Waals surface area contributed by atoms with Gasteiger partial charge in [-0.05, 0) is 54.8 Å². The molecule has 0 aliphatic carbocycles. The van der Waals surface area contributed by atoms with Crippen LogP contribution in [-0.2, 0) is 27.5 Å². The maximum atomic E-state index is 13.5. The summed E-state index contributed by atoms with van der Waals surface area (Å²) in [6, 6.07) is 16.1. The number of rotatable bonds is 10. The highest BCUT2D eigenvalue weighted by molar-refractivity contribution is 8.15. The van der Waals surface area contributed by atoms with Gasteiger partial charge in [0, 0.05) is 18.5 Å². The first-order valence-electron chi connectivity index (χ1n) is 13.0. The van der Waals surface area contributed by atoms with Gasteiger partial charge in [0.1, 0.15) is 23.5 Å². The summed E-state index contributed by atoms with van der Waals surface area (Å²) in [6.07, 6.45) is 2.37. The number of nitrogens with zero attached hydrogens (tertiary/aromatic N) is 3. The highest BCUT2D eigenvalue weighted by Gasteiger charge is 2.42. The van der Waals surface area contributed by atoms with Crippen molar-refractivity contribution in [3.63, 3.8) is 0 Å². The number of fused-ring (bicyclic) bond motifs is 3. The fourth-order valence-corrected chi connectivity index (χ4v) is 5.42. The molecule has 0 spiro atoms. The first-order chi connectivity index (χ1) is 19.4. The van der Waals surface area contributed by atoms with E-state index in [1.54, 1.807) is 30.5 Å². The summed E-state index contributed by atoms with van der Waals surface area (Å²) >= 11 is 1.21. The SMILES string of the molecule is CCC(SC1=Nc2ccccc2C2=NC(CCC(=O)NCc3ccc(F)cc3)C(=O)N12)C(=O)NCc1ccco1. The van der Waals surface area contributed by atoms with E-state index >= 15 is 0 Å². The van der Waals surface area contributed by atoms with E-state index in [-0.39, 0.29) is 49.5 Å². The number of thioether (sulfide) groups is 1. The van der Waals surface area contributed by atoms with Crippen molar-refractivity contribution in [1.29, 1.82) is 0 Å². The average Bonchev–Trinajstić information content (AvgIpc) is 3.61. The molecule has 5 rings (SSSR count). The molecule has 2 atom stereocenters. The number of benzene rings is 2. The van der Waals surface area contributed by atoms with Gasteiger partial charge in [-0.2, -0.15) is 0 Å². The van der Waals surface area contributed by atoms with Gasteiger partial charge in [0.15, 0.2) is 5.17 Å². The Morgan fingerprint density at radius 2 is 1.88 bits per heavy atom. The van der Waals surface area contributed by atoms with Gasteiger partial charge >= 0.3 is 0 Å². The lowest BCUT2D eigenvalue weighted by molar-refractivity contribution is -0.125. The molecule has 0 bridgehead atoms. The molecule has 9 nitrogen and oxygen atoms in total. The molecule has 0 fully saturated rings. The summed E-state index contributed by atoms with van der Waals surface area (Å²) < 4.78 is 18.4. The Balaban J connectivity index is 1.26. The number of aliphatic imine (C=N–C) groups is 2. The molecule has 2 aromatic carbocycles. The Morgan fingerprint density at radius 1 is 1.07 bits per heavy atom. The quantitative estimate of drug-likeness (QED) is 0.383. The lowest BCUT2D eigenvalue weighted by Gasteiger charge is -2.27. The fourth-order valence-electron chi connectivity index (χ4n) is 4.38. The Hall–Kier alpha value is -4.25. The van der Waals surface area contributed by atoms with Crippen LogP contribution >= 0.6 is 11.8 Å². The highest BCUT2D eigenvalue weighted by atomic mass is 32.2. The normalized spacial score (nSPS) is 16.5. The van der Waals surface area contributed by atoms with Crippen LogP contribution in [0.5, 0.6) is 0 Å². The van der Waals surface area contributed by atoms with Crippen molar-refractivity contribution in [3.05, 3.63) is 89.6 Å². The van der Waals surface area contributed by atoms with E-state index in [0.717, 1.165) is 11.1 Å². The Morgan fingerprint density at radius 3 is 2.62 bits per heavy atom. The molecule has 2 N–H and O–H groups in total. The van der Waals surface area contributed by atoms with Crippen LogP contribution in [0.15, 0.2) is 81.3 Å². The topological polar surface area (TPSA) is 116 Å². The second-order valence-electron chi connectivity index (χ2n) is 9.31. The van der Waals surface area contributed by atoms with Gasteiger partial charge < -0.3 is 15.1 Å². The van der Waals surface area contributed by atoms with Gasteiger partial charge in [-0.15, -0.1) is 0 Å². The molecule has 3 aromatic rings. The van der Waals surface area contributed by atoms with Gasteiger partial charge in [-0.1, -0.05) is 43.0 Å². The molecule has 0 saturated carbocycles. The first kappa shape index (κ1) is 27.3. The summed E-state index contributed by atoms with van der Waals surface area (Å²) in [5.74, 6) is 0.0716. The zero-order valence-corrected chi connectivity index (χ0v) is 22.6. The third-order valence-electron chi connectivity index (χ3n) is 6.52. The van der Waals surface area contributed by atoms with E-state index in [9.17, 15) is 18.8 Å². The van der Waals surface area contributed by atoms with Crippen molar-refractivity contribution < 1.29 is 23.2 Å². The number of amidine groups is 2. The van der Waals surface area contributed by atoms with Crippen LogP contribution in [0.3, 0.4) is 0 Å². The second-order valence-corrected chi connectivity index (χ2v) is 10.5. The number of hydrogen-bond donors (Lipinski definition) is 2. The molecule has 0 saturated heterocycles. The number of amides is 3. The fraction of sp³-hybridized carbons (Fsp3) is 0.276. The van der Waals surface area contributed by atoms with Crippen LogP contribution in [-0.4, -0.2) is 44.9 Å². The van der Waals surface area contributed by atoms with E-state index in [1.165, 1.54) is 28.8 Å².